The molecule has 0 aliphatic rings. The molecule has 0 bridgehead atoms. The van der Waals surface area contributed by atoms with Gasteiger partial charge < -0.3 is 14.6 Å². The van der Waals surface area contributed by atoms with Crippen LogP contribution < -0.4 is 14.6 Å². The predicted molar refractivity (Wildman–Crippen MR) is 82.3 cm³/mol. The smallest absolute Gasteiger partial charge is 0.241 e. The van der Waals surface area contributed by atoms with Gasteiger partial charge in [-0.05, 0) is 36.2 Å². The van der Waals surface area contributed by atoms with Crippen LogP contribution in [0.1, 0.15) is 5.56 Å². The Morgan fingerprint density at radius 2 is 1.74 bits per heavy atom. The number of benzene rings is 2. The van der Waals surface area contributed by atoms with Crippen molar-refractivity contribution >= 4 is 16.0 Å². The Kier molecular flexibility index (Phi) is 5.36. The number of carbonyl (C=O) groups is 1. The second kappa shape index (κ2) is 7.26. The lowest BCUT2D eigenvalue weighted by Gasteiger charge is -2.20. The van der Waals surface area contributed by atoms with E-state index < -0.39 is 22.0 Å². The van der Waals surface area contributed by atoms with Gasteiger partial charge in [0.1, 0.15) is 5.75 Å². The molecule has 0 aliphatic carbocycles. The van der Waals surface area contributed by atoms with Crippen LogP contribution >= 0.6 is 0 Å². The summed E-state index contributed by atoms with van der Waals surface area (Å²) in [6.45, 7) is 0. The van der Waals surface area contributed by atoms with E-state index in [2.05, 4.69) is 4.72 Å². The van der Waals surface area contributed by atoms with E-state index in [-0.39, 0.29) is 11.3 Å². The van der Waals surface area contributed by atoms with Crippen LogP contribution in [0.3, 0.4) is 0 Å². The van der Waals surface area contributed by atoms with Gasteiger partial charge in [0.05, 0.1) is 24.0 Å². The van der Waals surface area contributed by atoms with Crippen molar-refractivity contribution in [1.82, 2.24) is 4.72 Å². The first kappa shape index (κ1) is 17.0. The molecule has 6 nitrogen and oxygen atoms in total. The number of hydrogen-bond donors (Lipinski definition) is 1. The summed E-state index contributed by atoms with van der Waals surface area (Å²) in [5.41, 5.74) is 0.694. The molecule has 23 heavy (non-hydrogen) atoms. The lowest BCUT2D eigenvalue weighted by Crippen LogP contribution is -2.49. The predicted octanol–water partition coefficient (Wildman–Crippen LogP) is 0.335. The number of ether oxygens (including phenoxy) is 1. The summed E-state index contributed by atoms with van der Waals surface area (Å²) in [5.74, 6) is -0.976. The van der Waals surface area contributed by atoms with Crippen molar-refractivity contribution in [3.05, 3.63) is 60.2 Å². The highest BCUT2D eigenvalue weighted by Gasteiger charge is 2.21. The summed E-state index contributed by atoms with van der Waals surface area (Å²) in [4.78, 5) is 11.2. The average Bonchev–Trinajstić information content (AvgIpc) is 2.55. The second-order valence-corrected chi connectivity index (χ2v) is 6.57. The molecular weight excluding hydrogens is 318 g/mol. The summed E-state index contributed by atoms with van der Waals surface area (Å²) in [5, 5.41) is 11.3. The monoisotopic (exact) mass is 334 g/mol. The Labute approximate surface area is 134 Å². The summed E-state index contributed by atoms with van der Waals surface area (Å²) in [6.07, 6.45) is -0.00143. The largest absolute Gasteiger partial charge is 0.548 e. The van der Waals surface area contributed by atoms with Gasteiger partial charge in [-0.15, -0.1) is 0 Å². The normalized spacial score (nSPS) is 12.6. The molecule has 0 aliphatic heterocycles. The molecule has 2 rings (SSSR count). The van der Waals surface area contributed by atoms with Crippen LogP contribution in [0.25, 0.3) is 0 Å². The van der Waals surface area contributed by atoms with Crippen molar-refractivity contribution in [3.63, 3.8) is 0 Å². The highest BCUT2D eigenvalue weighted by atomic mass is 32.2. The first-order chi connectivity index (χ1) is 10.9. The van der Waals surface area contributed by atoms with E-state index in [4.69, 9.17) is 4.74 Å². The fourth-order valence-corrected chi connectivity index (χ4v) is 3.22. The fourth-order valence-electron chi connectivity index (χ4n) is 2.03. The molecule has 0 aromatic heterocycles. The molecule has 0 saturated carbocycles. The van der Waals surface area contributed by atoms with Crippen molar-refractivity contribution in [2.45, 2.75) is 17.4 Å². The Bertz CT molecular complexity index is 757. The zero-order valence-corrected chi connectivity index (χ0v) is 13.2. The van der Waals surface area contributed by atoms with Crippen LogP contribution in [-0.2, 0) is 21.2 Å². The lowest BCUT2D eigenvalue weighted by molar-refractivity contribution is -0.307. The van der Waals surface area contributed by atoms with Gasteiger partial charge in [-0.2, -0.15) is 0 Å². The second-order valence-electron chi connectivity index (χ2n) is 4.86. The molecule has 7 heteroatoms. The van der Waals surface area contributed by atoms with Gasteiger partial charge in [0, 0.05) is 0 Å². The van der Waals surface area contributed by atoms with Crippen LogP contribution in [0, 0.1) is 0 Å². The molecule has 122 valence electrons. The third-order valence-corrected chi connectivity index (χ3v) is 4.72. The van der Waals surface area contributed by atoms with Gasteiger partial charge in [-0.25, -0.2) is 13.1 Å². The standard InChI is InChI=1S/C16H17NO5S/c1-22-13-7-9-14(10-8-13)23(20,21)17-15(16(18)19)11-12-5-3-2-4-6-12/h2-10,15,17H,11H2,1H3,(H,18,19)/p-1/t15-/m0/s1. The van der Waals surface area contributed by atoms with Crippen molar-refractivity contribution in [1.29, 1.82) is 0 Å². The number of sulfonamides is 1. The fraction of sp³-hybridized carbons (Fsp3) is 0.188. The zero-order chi connectivity index (χ0) is 16.9. The topological polar surface area (TPSA) is 95.5 Å². The van der Waals surface area contributed by atoms with Crippen molar-refractivity contribution in [3.8, 4) is 5.75 Å². The number of carboxylic acids is 1. The zero-order valence-electron chi connectivity index (χ0n) is 12.4. The van der Waals surface area contributed by atoms with E-state index in [1.165, 1.54) is 31.4 Å². The molecule has 1 N–H and O–H groups in total. The Balaban J connectivity index is 2.19. The Hall–Kier alpha value is -2.38. The molecule has 0 fully saturated rings. The van der Waals surface area contributed by atoms with Crippen molar-refractivity contribution < 1.29 is 23.1 Å². The van der Waals surface area contributed by atoms with E-state index in [9.17, 15) is 18.3 Å². The molecule has 0 saturated heterocycles. The van der Waals surface area contributed by atoms with Crippen LogP contribution in [0.4, 0.5) is 0 Å². The SMILES string of the molecule is COc1ccc(S(=O)(=O)N[C@@H](Cc2ccccc2)C(=O)[O-])cc1. The number of rotatable bonds is 7. The summed E-state index contributed by atoms with van der Waals surface area (Å²) in [6, 6.07) is 13.0. The minimum Gasteiger partial charge on any atom is -0.548 e. The average molecular weight is 334 g/mol. The molecule has 0 amide bonds. The molecule has 0 unspecified atom stereocenters. The molecule has 2 aromatic carbocycles. The van der Waals surface area contributed by atoms with Crippen molar-refractivity contribution in [2.75, 3.05) is 7.11 Å². The van der Waals surface area contributed by atoms with Gasteiger partial charge in [-0.1, -0.05) is 30.3 Å². The van der Waals surface area contributed by atoms with Gasteiger partial charge >= 0.3 is 0 Å². The summed E-state index contributed by atoms with van der Waals surface area (Å²) >= 11 is 0. The van der Waals surface area contributed by atoms with E-state index >= 15 is 0 Å². The minimum absolute atomic E-state index is 0.00143. The Morgan fingerprint density at radius 3 is 2.26 bits per heavy atom. The minimum atomic E-state index is -3.98. The number of nitrogens with one attached hydrogen (secondary N) is 1. The molecule has 1 atom stereocenters. The van der Waals surface area contributed by atoms with E-state index in [0.29, 0.717) is 11.3 Å². The third kappa shape index (κ3) is 4.54. The highest BCUT2D eigenvalue weighted by molar-refractivity contribution is 7.89. The first-order valence-corrected chi connectivity index (χ1v) is 8.32. The summed E-state index contributed by atoms with van der Waals surface area (Å²) < 4.78 is 31.7. The van der Waals surface area contributed by atoms with E-state index in [0.717, 1.165) is 0 Å². The molecule has 0 radical (unpaired) electrons. The van der Waals surface area contributed by atoms with Gasteiger partial charge in [0.2, 0.25) is 10.0 Å². The molecule has 2 aromatic rings. The lowest BCUT2D eigenvalue weighted by atomic mass is 10.1. The van der Waals surface area contributed by atoms with E-state index in [1.54, 1.807) is 30.3 Å². The number of aliphatic carboxylic acids is 1. The van der Waals surface area contributed by atoms with Gasteiger partial charge in [0.25, 0.3) is 0 Å². The van der Waals surface area contributed by atoms with Crippen LogP contribution in [-0.4, -0.2) is 27.5 Å². The van der Waals surface area contributed by atoms with Crippen LogP contribution in [0.2, 0.25) is 0 Å². The first-order valence-electron chi connectivity index (χ1n) is 6.83. The number of carboxylic acid groups (broad SMARTS) is 1. The molecule has 0 spiro atoms. The summed E-state index contributed by atoms with van der Waals surface area (Å²) in [7, 11) is -2.51. The molecular formula is C16H16NO5S-. The van der Waals surface area contributed by atoms with Gasteiger partial charge in [-0.3, -0.25) is 0 Å². The highest BCUT2D eigenvalue weighted by Crippen LogP contribution is 2.16. The molecule has 0 heterocycles. The maximum Gasteiger partial charge on any atom is 0.241 e. The third-order valence-electron chi connectivity index (χ3n) is 3.23. The van der Waals surface area contributed by atoms with Crippen molar-refractivity contribution in [2.24, 2.45) is 0 Å². The quantitative estimate of drug-likeness (QED) is 0.787. The van der Waals surface area contributed by atoms with Gasteiger partial charge in [0.15, 0.2) is 0 Å². The van der Waals surface area contributed by atoms with E-state index in [1.807, 2.05) is 0 Å². The number of hydrogen-bond acceptors (Lipinski definition) is 5. The van der Waals surface area contributed by atoms with Crippen LogP contribution in [0.15, 0.2) is 59.5 Å². The Morgan fingerprint density at radius 1 is 1.13 bits per heavy atom. The van der Waals surface area contributed by atoms with Crippen LogP contribution in [0.5, 0.6) is 5.75 Å². The maximum absolute atomic E-state index is 12.3. The number of methoxy groups -OCH3 is 1. The maximum atomic E-state index is 12.3. The number of carbonyl (C=O) groups excluding carboxylic acids is 1.